The number of carboxylic acid groups (broad SMARTS) is 1. The predicted molar refractivity (Wildman–Crippen MR) is 87.5 cm³/mol. The molecular formula is C16H22O7S. The Hall–Kier alpha value is -1.16. The van der Waals surface area contributed by atoms with E-state index in [0.717, 1.165) is 11.5 Å². The fraction of sp³-hybridized carbons (Fsp3) is 0.562. The highest BCUT2D eigenvalue weighted by atomic mass is 32.2. The summed E-state index contributed by atoms with van der Waals surface area (Å²) < 4.78 is 10.4. The van der Waals surface area contributed by atoms with Crippen LogP contribution in [0.4, 0.5) is 0 Å². The molecule has 1 heterocycles. The summed E-state index contributed by atoms with van der Waals surface area (Å²) in [5, 5.41) is 38.0. The highest BCUT2D eigenvalue weighted by molar-refractivity contribution is 7.98. The van der Waals surface area contributed by atoms with Gasteiger partial charge in [0, 0.05) is 5.75 Å². The lowest BCUT2D eigenvalue weighted by Crippen LogP contribution is -2.60. The summed E-state index contributed by atoms with van der Waals surface area (Å²) in [6.07, 6.45) is -7.03. The third-order valence-corrected chi connectivity index (χ3v) is 4.75. The maximum atomic E-state index is 11.0. The van der Waals surface area contributed by atoms with E-state index >= 15 is 0 Å². The Morgan fingerprint density at radius 3 is 2.50 bits per heavy atom. The van der Waals surface area contributed by atoms with Gasteiger partial charge < -0.3 is 29.9 Å². The number of ether oxygens (including phenoxy) is 2. The first-order valence-corrected chi connectivity index (χ1v) is 8.82. The molecule has 1 fully saturated rings. The van der Waals surface area contributed by atoms with Crippen LogP contribution in [0.5, 0.6) is 0 Å². The molecule has 7 nitrogen and oxygen atoms in total. The topological polar surface area (TPSA) is 116 Å². The van der Waals surface area contributed by atoms with E-state index in [1.54, 1.807) is 11.8 Å². The molecule has 8 heteroatoms. The van der Waals surface area contributed by atoms with Crippen molar-refractivity contribution in [2.75, 3.05) is 12.4 Å². The predicted octanol–water partition coefficient (Wildman–Crippen LogP) is 0.219. The highest BCUT2D eigenvalue weighted by Crippen LogP contribution is 2.22. The normalized spacial score (nSPS) is 30.2. The summed E-state index contributed by atoms with van der Waals surface area (Å²) in [5.41, 5.74) is 1.23. The monoisotopic (exact) mass is 358 g/mol. The summed E-state index contributed by atoms with van der Waals surface area (Å²) in [6.45, 7) is 0.249. The first kappa shape index (κ1) is 19.2. The van der Waals surface area contributed by atoms with E-state index in [1.165, 1.54) is 5.56 Å². The van der Waals surface area contributed by atoms with Gasteiger partial charge in [0.15, 0.2) is 12.4 Å². The number of thioether (sulfide) groups is 1. The molecule has 0 saturated carbocycles. The first-order valence-electron chi connectivity index (χ1n) is 7.66. The van der Waals surface area contributed by atoms with E-state index in [9.17, 15) is 20.1 Å². The summed E-state index contributed by atoms with van der Waals surface area (Å²) in [5.74, 6) is 0.293. The van der Waals surface area contributed by atoms with Crippen LogP contribution in [-0.2, 0) is 20.0 Å². The Balaban J connectivity index is 1.68. The molecule has 1 aliphatic rings. The van der Waals surface area contributed by atoms with Crippen molar-refractivity contribution in [3.8, 4) is 0 Å². The summed E-state index contributed by atoms with van der Waals surface area (Å²) in [6, 6.07) is 10.0. The lowest BCUT2D eigenvalue weighted by molar-refractivity contribution is -0.293. The van der Waals surface area contributed by atoms with Crippen LogP contribution in [0.1, 0.15) is 12.0 Å². The van der Waals surface area contributed by atoms with Gasteiger partial charge in [-0.05, 0) is 17.7 Å². The van der Waals surface area contributed by atoms with E-state index in [-0.39, 0.29) is 6.61 Å². The molecule has 1 aromatic carbocycles. The number of hydrogen-bond acceptors (Lipinski definition) is 7. The quantitative estimate of drug-likeness (QED) is 0.488. The largest absolute Gasteiger partial charge is 0.479 e. The van der Waals surface area contributed by atoms with Crippen molar-refractivity contribution in [1.82, 2.24) is 0 Å². The zero-order valence-corrected chi connectivity index (χ0v) is 13.8. The van der Waals surface area contributed by atoms with Crippen molar-refractivity contribution in [3.05, 3.63) is 35.9 Å². The second-order valence-electron chi connectivity index (χ2n) is 5.50. The molecule has 0 amide bonds. The standard InChI is InChI=1S/C16H22O7S/c17-11-12(18)14(15(20)21)23-16(13(11)19)22-7-4-8-24-9-10-5-2-1-3-6-10/h1-3,5-6,11-14,16-19H,4,7-9H2,(H,20,21)/t11-,12-,13+,14-,16+/m0/s1. The van der Waals surface area contributed by atoms with Crippen molar-refractivity contribution in [1.29, 1.82) is 0 Å². The van der Waals surface area contributed by atoms with Crippen molar-refractivity contribution < 1.29 is 34.7 Å². The molecule has 1 aromatic rings. The van der Waals surface area contributed by atoms with Gasteiger partial charge in [-0.1, -0.05) is 30.3 Å². The molecule has 24 heavy (non-hydrogen) atoms. The van der Waals surface area contributed by atoms with Gasteiger partial charge >= 0.3 is 5.97 Å². The lowest BCUT2D eigenvalue weighted by atomic mass is 9.99. The van der Waals surface area contributed by atoms with Gasteiger partial charge in [-0.3, -0.25) is 0 Å². The third kappa shape index (κ3) is 5.17. The van der Waals surface area contributed by atoms with Crippen molar-refractivity contribution in [2.45, 2.75) is 42.9 Å². The highest BCUT2D eigenvalue weighted by Gasteiger charge is 2.47. The van der Waals surface area contributed by atoms with Gasteiger partial charge in [0.05, 0.1) is 6.61 Å². The van der Waals surface area contributed by atoms with E-state index in [1.807, 2.05) is 18.2 Å². The average molecular weight is 358 g/mol. The zero-order chi connectivity index (χ0) is 17.5. The molecule has 0 aromatic heterocycles. The Kier molecular flexibility index (Phi) is 7.47. The second-order valence-corrected chi connectivity index (χ2v) is 6.60. The van der Waals surface area contributed by atoms with Crippen LogP contribution in [0.3, 0.4) is 0 Å². The van der Waals surface area contributed by atoms with Gasteiger partial charge in [-0.25, -0.2) is 4.79 Å². The second kappa shape index (κ2) is 9.36. The molecule has 0 radical (unpaired) electrons. The first-order chi connectivity index (χ1) is 11.5. The zero-order valence-electron chi connectivity index (χ0n) is 13.0. The maximum absolute atomic E-state index is 11.0. The molecule has 1 aliphatic heterocycles. The molecule has 4 N–H and O–H groups in total. The molecule has 0 bridgehead atoms. The molecule has 0 spiro atoms. The van der Waals surface area contributed by atoms with E-state index in [2.05, 4.69) is 12.1 Å². The Bertz CT molecular complexity index is 512. The fourth-order valence-corrected chi connectivity index (χ4v) is 3.21. The minimum atomic E-state index is -1.70. The van der Waals surface area contributed by atoms with E-state index < -0.39 is 36.7 Å². The van der Waals surface area contributed by atoms with E-state index in [0.29, 0.717) is 6.42 Å². The summed E-state index contributed by atoms with van der Waals surface area (Å²) in [7, 11) is 0. The van der Waals surface area contributed by atoms with Crippen LogP contribution in [0.15, 0.2) is 30.3 Å². The molecule has 0 aliphatic carbocycles. The van der Waals surface area contributed by atoms with Crippen LogP contribution in [0, 0.1) is 0 Å². The Morgan fingerprint density at radius 1 is 1.12 bits per heavy atom. The van der Waals surface area contributed by atoms with Gasteiger partial charge in [0.2, 0.25) is 0 Å². The Morgan fingerprint density at radius 2 is 1.83 bits per heavy atom. The van der Waals surface area contributed by atoms with Crippen molar-refractivity contribution >= 4 is 17.7 Å². The summed E-state index contributed by atoms with van der Waals surface area (Å²) in [4.78, 5) is 11.0. The van der Waals surface area contributed by atoms with Gasteiger partial charge in [0.25, 0.3) is 0 Å². The van der Waals surface area contributed by atoms with Crippen LogP contribution in [0.2, 0.25) is 0 Å². The molecule has 5 atom stereocenters. The SMILES string of the molecule is O=C(O)[C@H]1O[C@@H](OCCCSCc2ccccc2)[C@H](O)[C@@H](O)[C@@H]1O. The minimum Gasteiger partial charge on any atom is -0.479 e. The molecular weight excluding hydrogens is 336 g/mol. The molecule has 2 rings (SSSR count). The van der Waals surface area contributed by atoms with Crippen LogP contribution in [0.25, 0.3) is 0 Å². The van der Waals surface area contributed by atoms with Gasteiger partial charge in [0.1, 0.15) is 18.3 Å². The summed E-state index contributed by atoms with van der Waals surface area (Å²) >= 11 is 1.73. The number of hydrogen-bond donors (Lipinski definition) is 4. The average Bonchev–Trinajstić information content (AvgIpc) is 2.58. The molecule has 0 unspecified atom stereocenters. The van der Waals surface area contributed by atoms with Gasteiger partial charge in [-0.2, -0.15) is 11.8 Å². The third-order valence-electron chi connectivity index (χ3n) is 3.64. The Labute approximate surface area is 144 Å². The number of rotatable bonds is 8. The number of aliphatic hydroxyl groups excluding tert-OH is 3. The van der Waals surface area contributed by atoms with Crippen LogP contribution in [-0.4, -0.2) is 69.5 Å². The number of aliphatic carboxylic acids is 1. The molecule has 1 saturated heterocycles. The van der Waals surface area contributed by atoms with E-state index in [4.69, 9.17) is 14.6 Å². The number of carbonyl (C=O) groups is 1. The number of carboxylic acids is 1. The molecule has 134 valence electrons. The van der Waals surface area contributed by atoms with Crippen molar-refractivity contribution in [2.24, 2.45) is 0 Å². The van der Waals surface area contributed by atoms with Crippen molar-refractivity contribution in [3.63, 3.8) is 0 Å². The van der Waals surface area contributed by atoms with Crippen LogP contribution < -0.4 is 0 Å². The minimum absolute atomic E-state index is 0.249. The number of aliphatic hydroxyl groups is 3. The smallest absolute Gasteiger partial charge is 0.335 e. The van der Waals surface area contributed by atoms with Crippen LogP contribution >= 0.6 is 11.8 Å². The lowest BCUT2D eigenvalue weighted by Gasteiger charge is -2.38. The fourth-order valence-electron chi connectivity index (χ4n) is 2.31. The maximum Gasteiger partial charge on any atom is 0.335 e. The van der Waals surface area contributed by atoms with Gasteiger partial charge in [-0.15, -0.1) is 0 Å². The number of benzene rings is 1.